The van der Waals surface area contributed by atoms with Crippen molar-refractivity contribution >= 4 is 28.3 Å². The number of nitrogens with zero attached hydrogens (tertiary/aromatic N) is 3. The minimum Gasteiger partial charge on any atom is -0.383 e. The third kappa shape index (κ3) is 1.97. The van der Waals surface area contributed by atoms with Crippen LogP contribution in [-0.4, -0.2) is 41.9 Å². The third-order valence-electron chi connectivity index (χ3n) is 2.90. The van der Waals surface area contributed by atoms with Gasteiger partial charge in [-0.15, -0.1) is 0 Å². The molecule has 88 valence electrons. The van der Waals surface area contributed by atoms with Crippen molar-refractivity contribution < 1.29 is 4.79 Å². The molecule has 0 bridgehead atoms. The lowest BCUT2D eigenvalue weighted by Crippen LogP contribution is -2.34. The van der Waals surface area contributed by atoms with Gasteiger partial charge in [-0.2, -0.15) is 4.37 Å². The molecule has 1 aliphatic rings. The van der Waals surface area contributed by atoms with E-state index in [0.717, 1.165) is 30.1 Å². The molecular formula is C10H16N4OS. The van der Waals surface area contributed by atoms with E-state index in [4.69, 9.17) is 5.73 Å². The Labute approximate surface area is 99.0 Å². The highest BCUT2D eigenvalue weighted by Crippen LogP contribution is 2.30. The maximum absolute atomic E-state index is 11.8. The summed E-state index contributed by atoms with van der Waals surface area (Å²) in [6.45, 7) is 4.09. The van der Waals surface area contributed by atoms with Crippen LogP contribution in [0.2, 0.25) is 0 Å². The van der Waals surface area contributed by atoms with Crippen molar-refractivity contribution in [2.75, 3.05) is 37.3 Å². The predicted molar refractivity (Wildman–Crippen MR) is 65.7 cm³/mol. The number of rotatable bonds is 1. The van der Waals surface area contributed by atoms with Crippen molar-refractivity contribution in [2.45, 2.75) is 13.3 Å². The molecule has 0 spiro atoms. The van der Waals surface area contributed by atoms with E-state index in [1.807, 2.05) is 14.0 Å². The van der Waals surface area contributed by atoms with Crippen LogP contribution in [0.15, 0.2) is 0 Å². The van der Waals surface area contributed by atoms with E-state index in [1.54, 1.807) is 4.90 Å². The summed E-state index contributed by atoms with van der Waals surface area (Å²) in [5.41, 5.74) is 6.71. The number of aromatic nitrogens is 1. The van der Waals surface area contributed by atoms with Gasteiger partial charge < -0.3 is 15.5 Å². The Kier molecular flexibility index (Phi) is 3.00. The summed E-state index contributed by atoms with van der Waals surface area (Å²) in [6.07, 6.45) is 0.986. The summed E-state index contributed by atoms with van der Waals surface area (Å²) in [7, 11) is 1.85. The predicted octanol–water partition coefficient (Wildman–Crippen LogP) is 0.702. The second-order valence-electron chi connectivity index (χ2n) is 4.09. The van der Waals surface area contributed by atoms with Crippen LogP contribution in [0.4, 0.5) is 10.8 Å². The first kappa shape index (κ1) is 11.2. The van der Waals surface area contributed by atoms with Gasteiger partial charge in [-0.25, -0.2) is 0 Å². The lowest BCUT2D eigenvalue weighted by Gasteiger charge is -2.20. The van der Waals surface area contributed by atoms with Gasteiger partial charge in [0.25, 0.3) is 0 Å². The molecule has 1 saturated heterocycles. The summed E-state index contributed by atoms with van der Waals surface area (Å²) in [5, 5.41) is 1.03. The normalized spacial score (nSPS) is 17.8. The molecule has 0 atom stereocenters. The highest BCUT2D eigenvalue weighted by molar-refractivity contribution is 7.10. The van der Waals surface area contributed by atoms with Gasteiger partial charge >= 0.3 is 0 Å². The van der Waals surface area contributed by atoms with E-state index < -0.39 is 0 Å². The number of hydrogen-bond acceptors (Lipinski definition) is 5. The van der Waals surface area contributed by atoms with Crippen LogP contribution in [0.1, 0.15) is 12.0 Å². The van der Waals surface area contributed by atoms with Gasteiger partial charge in [0.2, 0.25) is 5.91 Å². The summed E-state index contributed by atoms with van der Waals surface area (Å²) in [4.78, 5) is 15.6. The molecule has 0 aliphatic carbocycles. The fraction of sp³-hybridized carbons (Fsp3) is 0.600. The Hall–Kier alpha value is -1.30. The smallest absolute Gasteiger partial charge is 0.241 e. The molecule has 0 saturated carbocycles. The van der Waals surface area contributed by atoms with E-state index in [0.29, 0.717) is 12.4 Å². The molecule has 1 amide bonds. The van der Waals surface area contributed by atoms with Crippen LogP contribution < -0.4 is 10.6 Å². The van der Waals surface area contributed by atoms with Gasteiger partial charge in [-0.3, -0.25) is 4.79 Å². The standard InChI is InChI=1S/C10H16N4OS/c1-7-9(11)12-16-10(7)14-5-3-4-13(2)8(15)6-14/h3-6H2,1-2H3,(H2,11,12). The Morgan fingerprint density at radius 3 is 2.81 bits per heavy atom. The molecule has 2 heterocycles. The third-order valence-corrected chi connectivity index (χ3v) is 3.92. The zero-order valence-electron chi connectivity index (χ0n) is 9.56. The largest absolute Gasteiger partial charge is 0.383 e. The van der Waals surface area contributed by atoms with Crippen LogP contribution >= 0.6 is 11.5 Å². The van der Waals surface area contributed by atoms with Crippen LogP contribution in [0.3, 0.4) is 0 Å². The number of likely N-dealkylation sites (N-methyl/N-ethyl adjacent to an activating group) is 1. The van der Waals surface area contributed by atoms with Gasteiger partial charge in [0, 0.05) is 25.7 Å². The molecule has 0 radical (unpaired) electrons. The van der Waals surface area contributed by atoms with Crippen molar-refractivity contribution in [3.63, 3.8) is 0 Å². The number of amides is 1. The van der Waals surface area contributed by atoms with Crippen LogP contribution in [0, 0.1) is 6.92 Å². The van der Waals surface area contributed by atoms with E-state index in [2.05, 4.69) is 9.27 Å². The van der Waals surface area contributed by atoms with Crippen LogP contribution in [-0.2, 0) is 4.79 Å². The van der Waals surface area contributed by atoms with Crippen molar-refractivity contribution in [2.24, 2.45) is 0 Å². The van der Waals surface area contributed by atoms with Crippen molar-refractivity contribution in [1.82, 2.24) is 9.27 Å². The molecule has 0 unspecified atom stereocenters. The summed E-state index contributed by atoms with van der Waals surface area (Å²) >= 11 is 1.38. The lowest BCUT2D eigenvalue weighted by atomic mass is 10.3. The average Bonchev–Trinajstić information content (AvgIpc) is 2.48. The van der Waals surface area contributed by atoms with Crippen LogP contribution in [0.5, 0.6) is 0 Å². The van der Waals surface area contributed by atoms with E-state index in [9.17, 15) is 4.79 Å². The molecule has 2 rings (SSSR count). The molecule has 1 fully saturated rings. The Bertz CT molecular complexity index is 404. The highest BCUT2D eigenvalue weighted by Gasteiger charge is 2.22. The summed E-state index contributed by atoms with van der Waals surface area (Å²) in [5.74, 6) is 0.730. The molecule has 2 N–H and O–H groups in total. The van der Waals surface area contributed by atoms with E-state index in [1.165, 1.54) is 11.5 Å². The Morgan fingerprint density at radius 1 is 1.44 bits per heavy atom. The first-order chi connectivity index (χ1) is 7.59. The maximum Gasteiger partial charge on any atom is 0.241 e. The second kappa shape index (κ2) is 4.29. The van der Waals surface area contributed by atoms with Crippen molar-refractivity contribution in [3.8, 4) is 0 Å². The monoisotopic (exact) mass is 240 g/mol. The molecular weight excluding hydrogens is 224 g/mol. The Morgan fingerprint density at radius 2 is 2.19 bits per heavy atom. The minimum absolute atomic E-state index is 0.156. The summed E-state index contributed by atoms with van der Waals surface area (Å²) in [6, 6.07) is 0. The fourth-order valence-corrected chi connectivity index (χ4v) is 2.63. The minimum atomic E-state index is 0.156. The first-order valence-corrected chi connectivity index (χ1v) is 6.07. The SMILES string of the molecule is Cc1c(N)nsc1N1CCCN(C)C(=O)C1. The highest BCUT2D eigenvalue weighted by atomic mass is 32.1. The van der Waals surface area contributed by atoms with Crippen LogP contribution in [0.25, 0.3) is 0 Å². The van der Waals surface area contributed by atoms with E-state index in [-0.39, 0.29) is 5.91 Å². The second-order valence-corrected chi connectivity index (χ2v) is 4.84. The quantitative estimate of drug-likeness (QED) is 0.785. The van der Waals surface area contributed by atoms with Gasteiger partial charge in [0.05, 0.1) is 6.54 Å². The average molecular weight is 240 g/mol. The first-order valence-electron chi connectivity index (χ1n) is 5.30. The number of hydrogen-bond donors (Lipinski definition) is 1. The zero-order chi connectivity index (χ0) is 11.7. The molecule has 6 heteroatoms. The van der Waals surface area contributed by atoms with Gasteiger partial charge in [0.15, 0.2) is 0 Å². The summed E-state index contributed by atoms with van der Waals surface area (Å²) < 4.78 is 4.12. The van der Waals surface area contributed by atoms with E-state index >= 15 is 0 Å². The van der Waals surface area contributed by atoms with Crippen molar-refractivity contribution in [3.05, 3.63) is 5.56 Å². The molecule has 1 aromatic rings. The Balaban J connectivity index is 2.21. The number of anilines is 2. The molecule has 16 heavy (non-hydrogen) atoms. The topological polar surface area (TPSA) is 62.5 Å². The molecule has 1 aliphatic heterocycles. The van der Waals surface area contributed by atoms with Crippen molar-refractivity contribution in [1.29, 1.82) is 0 Å². The lowest BCUT2D eigenvalue weighted by molar-refractivity contribution is -0.127. The molecule has 0 aromatic carbocycles. The number of nitrogen functional groups attached to an aromatic ring is 1. The molecule has 5 nitrogen and oxygen atoms in total. The maximum atomic E-state index is 11.8. The molecule has 1 aromatic heterocycles. The number of nitrogens with two attached hydrogens (primary N) is 1. The fourth-order valence-electron chi connectivity index (χ4n) is 1.79. The number of carbonyl (C=O) groups excluding carboxylic acids is 1. The van der Waals surface area contributed by atoms with Gasteiger partial charge in [-0.05, 0) is 24.9 Å². The zero-order valence-corrected chi connectivity index (χ0v) is 10.4. The van der Waals surface area contributed by atoms with Gasteiger partial charge in [0.1, 0.15) is 10.8 Å². The number of carbonyl (C=O) groups is 1. The van der Waals surface area contributed by atoms with Gasteiger partial charge in [-0.1, -0.05) is 0 Å².